The summed E-state index contributed by atoms with van der Waals surface area (Å²) in [7, 11) is -3.00. The minimum absolute atomic E-state index is 0.0836. The van der Waals surface area contributed by atoms with Crippen molar-refractivity contribution >= 4 is 31.9 Å². The first-order chi connectivity index (χ1) is 48.9. The molecule has 2 saturated heterocycles. The summed E-state index contributed by atoms with van der Waals surface area (Å²) in [4.78, 5) is 53.3. The molecule has 2 fully saturated rings. The van der Waals surface area contributed by atoms with Gasteiger partial charge in [-0.05, 0) is 57.8 Å². The quantitative estimate of drug-likeness (QED) is 0.0128. The lowest BCUT2D eigenvalue weighted by Gasteiger charge is -2.47. The van der Waals surface area contributed by atoms with E-state index < -0.39 is 101 Å². The van der Waals surface area contributed by atoms with Crippen LogP contribution in [0.25, 0.3) is 0 Å². The summed E-state index contributed by atoms with van der Waals surface area (Å²) in [5, 5.41) is 18.3. The molecule has 0 radical (unpaired) electrons. The van der Waals surface area contributed by atoms with Gasteiger partial charge >= 0.3 is 13.8 Å². The predicted octanol–water partition coefficient (Wildman–Crippen LogP) is 17.4. The van der Waals surface area contributed by atoms with Crippen LogP contribution in [0.3, 0.4) is 0 Å². The first kappa shape index (κ1) is 92.9. The summed E-state index contributed by atoms with van der Waals surface area (Å²) < 4.78 is 89.4. The Labute approximate surface area is 606 Å². The van der Waals surface area contributed by atoms with Crippen molar-refractivity contribution in [3.63, 3.8) is 0 Å². The van der Waals surface area contributed by atoms with Gasteiger partial charge < -0.3 is 58.4 Å². The summed E-state index contributed by atoms with van der Waals surface area (Å²) >= 11 is 0. The van der Waals surface area contributed by atoms with E-state index in [2.05, 4.69) is 70.2 Å². The Balaban J connectivity index is 2.55. The number of amides is 2. The number of methoxy groups -OCH3 is 1. The van der Waals surface area contributed by atoms with Crippen molar-refractivity contribution in [1.82, 2.24) is 10.6 Å². The molecule has 0 saturated carbocycles. The average molecular weight is 1440 g/mol. The number of ether oxygens (including phenoxy) is 9. The number of unbranched alkanes of at least 4 members (excludes halogenated alkanes) is 33. The van der Waals surface area contributed by atoms with E-state index in [1.807, 2.05) is 0 Å². The van der Waals surface area contributed by atoms with Crippen molar-refractivity contribution in [2.24, 2.45) is 0 Å². The summed E-state index contributed by atoms with van der Waals surface area (Å²) in [6.45, 7) is 19.2. The molecule has 11 atom stereocenters. The molecule has 3 N–H and O–H groups in total. The zero-order valence-electron chi connectivity index (χ0n) is 63.3. The molecule has 100 heavy (non-hydrogen) atoms. The van der Waals surface area contributed by atoms with Crippen LogP contribution in [0.5, 0.6) is 0 Å². The van der Waals surface area contributed by atoms with E-state index in [9.17, 15) is 28.8 Å². The number of aliphatic hydroxyl groups excluding tert-OH is 1. The molecule has 0 aromatic rings. The molecule has 0 aliphatic carbocycles. The van der Waals surface area contributed by atoms with Crippen LogP contribution in [-0.4, -0.2) is 163 Å². The number of esters is 1. The minimum atomic E-state index is -4.46. The summed E-state index contributed by atoms with van der Waals surface area (Å²) in [5.41, 5.74) is 0. The van der Waals surface area contributed by atoms with E-state index in [0.717, 1.165) is 109 Å². The summed E-state index contributed by atoms with van der Waals surface area (Å²) in [5.74, 6) is -1.59. The molecule has 0 aromatic heterocycles. The lowest BCUT2D eigenvalue weighted by Crippen LogP contribution is -2.67. The second-order valence-corrected chi connectivity index (χ2v) is 28.9. The molecule has 582 valence electrons. The molecule has 0 aromatic carbocycles. The molecule has 2 aliphatic rings. The first-order valence-electron chi connectivity index (χ1n) is 39.7. The van der Waals surface area contributed by atoms with Gasteiger partial charge in [-0.1, -0.05) is 264 Å². The molecule has 20 nitrogen and oxygen atoms in total. The lowest BCUT2D eigenvalue weighted by atomic mass is 9.95. The van der Waals surface area contributed by atoms with Gasteiger partial charge in [-0.15, -0.1) is 13.2 Å². The molecule has 0 spiro atoms. The normalized spacial score (nSPS) is 21.3. The summed E-state index contributed by atoms with van der Waals surface area (Å²) in [6.07, 6.45) is 42.8. The number of carbonyl (C=O) groups excluding carboxylic acids is 4. The van der Waals surface area contributed by atoms with Crippen LogP contribution < -0.4 is 10.6 Å². The van der Waals surface area contributed by atoms with Gasteiger partial charge in [-0.3, -0.25) is 28.0 Å². The Bertz CT molecular complexity index is 2090. The topological polar surface area (TPSA) is 240 Å². The number of phosphoric ester groups is 1. The van der Waals surface area contributed by atoms with Crippen molar-refractivity contribution in [1.29, 1.82) is 0 Å². The van der Waals surface area contributed by atoms with Gasteiger partial charge in [-0.25, -0.2) is 9.36 Å². The van der Waals surface area contributed by atoms with Gasteiger partial charge in [0.15, 0.2) is 12.6 Å². The SMILES string of the molecule is C=CCOC(=O)CO[C@H]1O[C@H](CO[C@@H]2O[C@H](COC)[C@@H](OP(=O)(OCC=C)OCC=C)[C@H](OCC[C@@H](CCCCCCCCCCC)OCCCCCC/C=C\CCCCCC)[C@H]2NC=O)[C@@H](O)[C@H](OCCCCCCCCCCCC)[C@H]1NC(=O)CC(=O)CCCCCCCCCCC. The smallest absolute Gasteiger partial charge is 0.460 e. The van der Waals surface area contributed by atoms with Gasteiger partial charge in [0.05, 0.1) is 39.0 Å². The molecule has 2 heterocycles. The van der Waals surface area contributed by atoms with E-state index in [-0.39, 0.29) is 57.9 Å². The van der Waals surface area contributed by atoms with Gasteiger partial charge in [-0.2, -0.15) is 0 Å². The third-order valence-electron chi connectivity index (χ3n) is 18.5. The number of Topliss-reactive ketones (excluding diaryl/α,β-unsaturated/α-hetero) is 1. The second-order valence-electron chi connectivity index (χ2n) is 27.3. The maximum atomic E-state index is 14.6. The first-order valence-corrected chi connectivity index (χ1v) is 41.1. The Hall–Kier alpha value is -3.21. The Morgan fingerprint density at radius 1 is 0.520 bits per heavy atom. The standard InChI is InChI=1S/C79H143N2O18P/c1-9-16-20-24-28-32-34-35-39-42-46-50-58-89-67(53-49-45-41-37-31-27-23-19-12-4)54-60-92-77-72(80-65-82)78(98-69(62-88-8)75(77)99-100(87,95-56-14-6)96-57-15-7)93-63-68-74(86)76(91-59-51-47-43-38-33-29-25-21-17-10-2)73(79(97-68)94-64-71(85)90-55-13-5)81-70(84)61-66(83)52-48-44-40-36-30-26-22-18-11-3/h13-15,32,34,65,67-69,72-79,86H,5-7,9-12,16-31,33,35-64H2,1-4,8H3,(H,80,82)(H,81,84)/b34-32-/t67-,68-,69-,72-,73-,74-,75-,76-,77-,78-,79+/m1/s1. The number of carbonyl (C=O) groups is 4. The van der Waals surface area contributed by atoms with E-state index in [1.54, 1.807) is 0 Å². The van der Waals surface area contributed by atoms with Crippen LogP contribution in [0, 0.1) is 0 Å². The lowest BCUT2D eigenvalue weighted by molar-refractivity contribution is -0.308. The fourth-order valence-corrected chi connectivity index (χ4v) is 14.0. The number of hydrogen-bond donors (Lipinski definition) is 3. The molecular weight excluding hydrogens is 1300 g/mol. The number of allylic oxidation sites excluding steroid dienone is 2. The van der Waals surface area contributed by atoms with E-state index >= 15 is 0 Å². The highest BCUT2D eigenvalue weighted by Gasteiger charge is 2.53. The third-order valence-corrected chi connectivity index (χ3v) is 19.9. The maximum absolute atomic E-state index is 14.6. The molecule has 2 amide bonds. The van der Waals surface area contributed by atoms with Crippen molar-refractivity contribution in [3.8, 4) is 0 Å². The number of rotatable bonds is 72. The Morgan fingerprint density at radius 2 is 1.00 bits per heavy atom. The van der Waals surface area contributed by atoms with E-state index in [0.29, 0.717) is 32.3 Å². The number of ketones is 1. The monoisotopic (exact) mass is 1440 g/mol. The molecular formula is C79H143N2O18P. The van der Waals surface area contributed by atoms with Gasteiger partial charge in [0.2, 0.25) is 12.3 Å². The second kappa shape index (κ2) is 64.2. The van der Waals surface area contributed by atoms with Crippen LogP contribution in [0.4, 0.5) is 0 Å². The number of nitrogens with one attached hydrogen (secondary N) is 2. The predicted molar refractivity (Wildman–Crippen MR) is 398 cm³/mol. The van der Waals surface area contributed by atoms with Crippen LogP contribution >= 0.6 is 7.82 Å². The van der Waals surface area contributed by atoms with Gasteiger partial charge in [0.25, 0.3) is 0 Å². The van der Waals surface area contributed by atoms with Crippen LogP contribution in [0.1, 0.15) is 297 Å². The third kappa shape index (κ3) is 45.2. The zero-order chi connectivity index (χ0) is 72.8. The average Bonchev–Trinajstić information content (AvgIpc) is 0.784. The molecule has 0 unspecified atom stereocenters. The molecule has 21 heteroatoms. The highest BCUT2D eigenvalue weighted by atomic mass is 31.2. The number of hydrogen-bond acceptors (Lipinski definition) is 18. The van der Waals surface area contributed by atoms with Crippen LogP contribution in [0.15, 0.2) is 50.1 Å². The van der Waals surface area contributed by atoms with Crippen molar-refractivity contribution < 1.29 is 85.1 Å². The van der Waals surface area contributed by atoms with E-state index in [4.69, 9.17) is 56.2 Å². The largest absolute Gasteiger partial charge is 0.475 e. The molecule has 2 aliphatic heterocycles. The van der Waals surface area contributed by atoms with Gasteiger partial charge in [0, 0.05) is 33.4 Å². The highest BCUT2D eigenvalue weighted by Crippen LogP contribution is 2.52. The Kier molecular flexibility index (Phi) is 59.6. The van der Waals surface area contributed by atoms with Crippen molar-refractivity contribution in [2.45, 2.75) is 365 Å². The number of phosphoric acid groups is 1. The highest BCUT2D eigenvalue weighted by molar-refractivity contribution is 7.48. The summed E-state index contributed by atoms with van der Waals surface area (Å²) in [6, 6.07) is -2.41. The zero-order valence-corrected chi connectivity index (χ0v) is 64.2. The fourth-order valence-electron chi connectivity index (χ4n) is 12.7. The minimum Gasteiger partial charge on any atom is -0.460 e. The molecule has 2 rings (SSSR count). The van der Waals surface area contributed by atoms with Crippen molar-refractivity contribution in [3.05, 3.63) is 50.1 Å². The van der Waals surface area contributed by atoms with Crippen LogP contribution in [-0.2, 0) is 79.9 Å². The van der Waals surface area contributed by atoms with Gasteiger partial charge in [0.1, 0.15) is 67.7 Å². The molecule has 0 bridgehead atoms. The Morgan fingerprint density at radius 3 is 1.54 bits per heavy atom. The maximum Gasteiger partial charge on any atom is 0.475 e. The van der Waals surface area contributed by atoms with E-state index in [1.165, 1.54) is 154 Å². The number of aliphatic hydroxyl groups is 1. The van der Waals surface area contributed by atoms with Crippen molar-refractivity contribution in [2.75, 3.05) is 66.6 Å². The van der Waals surface area contributed by atoms with Crippen LogP contribution in [0.2, 0.25) is 0 Å². The fraction of sp³-hybridized carbons (Fsp3) is 0.848.